The molecule has 2 aromatic carbocycles. The zero-order chi connectivity index (χ0) is 26.7. The number of hydrogen-bond donors (Lipinski definition) is 2. The molecule has 1 heterocycles. The van der Waals surface area contributed by atoms with Gasteiger partial charge in [-0.25, -0.2) is 9.59 Å². The quantitative estimate of drug-likeness (QED) is 0.387. The summed E-state index contributed by atoms with van der Waals surface area (Å²) in [5.41, 5.74) is 5.92. The highest BCUT2D eigenvalue weighted by molar-refractivity contribution is 5.87. The number of carboxylic acid groups (broad SMARTS) is 1. The Balaban J connectivity index is 1.97. The van der Waals surface area contributed by atoms with Crippen molar-refractivity contribution in [2.24, 2.45) is 11.3 Å². The summed E-state index contributed by atoms with van der Waals surface area (Å²) in [5.74, 6) is -0.726. The number of aromatic carboxylic acids is 1. The van der Waals surface area contributed by atoms with Crippen molar-refractivity contribution in [3.8, 4) is 0 Å². The molecule has 0 saturated carbocycles. The fourth-order valence-corrected chi connectivity index (χ4v) is 5.08. The molecule has 5 heteroatoms. The molecule has 0 aromatic heterocycles. The number of nitrogens with one attached hydrogen (secondary N) is 1. The standard InChI is InChI=1S/C31H42N2O3/c1-8-23-18-26(15-14-24(23)16-17-30(5,6)7)31(9-2)27(21(3)4)20-33(29(36)32-31)19-22-10-12-25(13-11-22)28(34)35/h10-15,18,20-21H,8-9,16-17,19H2,1-7H3,(H,32,36)(H,34,35)/t31-/m0/s1. The van der Waals surface area contributed by atoms with E-state index in [4.69, 9.17) is 5.11 Å². The topological polar surface area (TPSA) is 69.6 Å². The summed E-state index contributed by atoms with van der Waals surface area (Å²) in [6.07, 6.45) is 5.92. The second-order valence-corrected chi connectivity index (χ2v) is 11.5. The molecule has 0 spiro atoms. The highest BCUT2D eigenvalue weighted by Crippen LogP contribution is 2.41. The number of urea groups is 1. The maximum atomic E-state index is 13.4. The van der Waals surface area contributed by atoms with E-state index in [1.807, 2.05) is 6.20 Å². The van der Waals surface area contributed by atoms with Crippen LogP contribution in [0.1, 0.15) is 93.9 Å². The average molecular weight is 491 g/mol. The lowest BCUT2D eigenvalue weighted by atomic mass is 9.74. The lowest BCUT2D eigenvalue weighted by molar-refractivity contribution is 0.0696. The van der Waals surface area contributed by atoms with Gasteiger partial charge in [-0.3, -0.25) is 4.90 Å². The predicted molar refractivity (Wildman–Crippen MR) is 146 cm³/mol. The monoisotopic (exact) mass is 490 g/mol. The summed E-state index contributed by atoms with van der Waals surface area (Å²) in [5, 5.41) is 12.5. The normalized spacial score (nSPS) is 18.3. The van der Waals surface area contributed by atoms with Gasteiger partial charge in [0.25, 0.3) is 0 Å². The van der Waals surface area contributed by atoms with E-state index in [9.17, 15) is 9.59 Å². The lowest BCUT2D eigenvalue weighted by Crippen LogP contribution is -2.55. The SMILES string of the molecule is CCc1cc([C@]2(CC)NC(=O)N(Cc3ccc(C(=O)O)cc3)C=C2C(C)C)ccc1CCC(C)(C)C. The Hall–Kier alpha value is -3.08. The average Bonchev–Trinajstić information content (AvgIpc) is 2.83. The van der Waals surface area contributed by atoms with E-state index >= 15 is 0 Å². The van der Waals surface area contributed by atoms with E-state index in [-0.39, 0.29) is 22.9 Å². The summed E-state index contributed by atoms with van der Waals surface area (Å²) in [6.45, 7) is 15.9. The molecule has 194 valence electrons. The number of rotatable bonds is 9. The van der Waals surface area contributed by atoms with Crippen LogP contribution < -0.4 is 5.32 Å². The Labute approximate surface area is 216 Å². The molecule has 0 bridgehead atoms. The molecule has 0 unspecified atom stereocenters. The second-order valence-electron chi connectivity index (χ2n) is 11.5. The van der Waals surface area contributed by atoms with Crippen molar-refractivity contribution in [1.82, 2.24) is 10.2 Å². The smallest absolute Gasteiger partial charge is 0.335 e. The van der Waals surface area contributed by atoms with Gasteiger partial charge in [-0.05, 0) is 77.0 Å². The molecular formula is C31H42N2O3. The molecule has 5 nitrogen and oxygen atoms in total. The van der Waals surface area contributed by atoms with Crippen molar-refractivity contribution < 1.29 is 14.7 Å². The Bertz CT molecular complexity index is 1130. The Morgan fingerprint density at radius 2 is 1.72 bits per heavy atom. The van der Waals surface area contributed by atoms with Gasteiger partial charge in [0.05, 0.1) is 17.6 Å². The molecule has 36 heavy (non-hydrogen) atoms. The fraction of sp³-hybridized carbons (Fsp3) is 0.484. The number of aryl methyl sites for hydroxylation is 2. The first kappa shape index (κ1) is 27.5. The first-order chi connectivity index (χ1) is 16.9. The number of carboxylic acids is 1. The van der Waals surface area contributed by atoms with E-state index in [1.165, 1.54) is 16.7 Å². The minimum atomic E-state index is -0.956. The minimum absolute atomic E-state index is 0.140. The fourth-order valence-electron chi connectivity index (χ4n) is 5.08. The van der Waals surface area contributed by atoms with Gasteiger partial charge in [0.1, 0.15) is 0 Å². The van der Waals surface area contributed by atoms with Crippen LogP contribution in [0.15, 0.2) is 54.2 Å². The number of carbonyl (C=O) groups excluding carboxylic acids is 1. The molecule has 1 atom stereocenters. The highest BCUT2D eigenvalue weighted by atomic mass is 16.4. The van der Waals surface area contributed by atoms with Crippen LogP contribution in [0.3, 0.4) is 0 Å². The van der Waals surface area contributed by atoms with Crippen LogP contribution in [-0.2, 0) is 24.9 Å². The third-order valence-corrected chi connectivity index (χ3v) is 7.30. The van der Waals surface area contributed by atoms with Crippen LogP contribution >= 0.6 is 0 Å². The second kappa shape index (κ2) is 10.9. The molecule has 3 rings (SSSR count). The zero-order valence-corrected chi connectivity index (χ0v) is 22.9. The van der Waals surface area contributed by atoms with Crippen LogP contribution in [0.25, 0.3) is 0 Å². The van der Waals surface area contributed by atoms with Crippen molar-refractivity contribution in [1.29, 1.82) is 0 Å². The molecule has 0 aliphatic carbocycles. The van der Waals surface area contributed by atoms with Crippen molar-refractivity contribution in [2.45, 2.75) is 86.2 Å². The zero-order valence-electron chi connectivity index (χ0n) is 22.9. The van der Waals surface area contributed by atoms with Crippen molar-refractivity contribution in [2.75, 3.05) is 0 Å². The third-order valence-electron chi connectivity index (χ3n) is 7.30. The lowest BCUT2D eigenvalue weighted by Gasteiger charge is -2.44. The van der Waals surface area contributed by atoms with Crippen LogP contribution in [-0.4, -0.2) is 22.0 Å². The number of benzene rings is 2. The molecule has 1 aliphatic heterocycles. The molecule has 1 aliphatic rings. The van der Waals surface area contributed by atoms with Gasteiger partial charge in [-0.2, -0.15) is 0 Å². The number of nitrogens with zero attached hydrogens (tertiary/aromatic N) is 1. The Morgan fingerprint density at radius 1 is 1.06 bits per heavy atom. The Kier molecular flexibility index (Phi) is 8.33. The van der Waals surface area contributed by atoms with Crippen molar-refractivity contribution >= 4 is 12.0 Å². The predicted octanol–water partition coefficient (Wildman–Crippen LogP) is 7.30. The van der Waals surface area contributed by atoms with Gasteiger partial charge in [0.2, 0.25) is 0 Å². The molecular weight excluding hydrogens is 448 g/mol. The van der Waals surface area contributed by atoms with Crippen LogP contribution in [0.5, 0.6) is 0 Å². The maximum Gasteiger partial charge on any atom is 0.335 e. The van der Waals surface area contributed by atoms with Crippen LogP contribution in [0.4, 0.5) is 4.79 Å². The summed E-state index contributed by atoms with van der Waals surface area (Å²) in [7, 11) is 0. The minimum Gasteiger partial charge on any atom is -0.478 e. The summed E-state index contributed by atoms with van der Waals surface area (Å²) in [4.78, 5) is 26.3. The first-order valence-electron chi connectivity index (χ1n) is 13.2. The van der Waals surface area contributed by atoms with Gasteiger partial charge in [0.15, 0.2) is 0 Å². The van der Waals surface area contributed by atoms with Gasteiger partial charge >= 0.3 is 12.0 Å². The largest absolute Gasteiger partial charge is 0.478 e. The van der Waals surface area contributed by atoms with E-state index in [0.29, 0.717) is 6.54 Å². The first-order valence-corrected chi connectivity index (χ1v) is 13.2. The number of carbonyl (C=O) groups is 2. The van der Waals surface area contributed by atoms with Gasteiger partial charge in [-0.15, -0.1) is 0 Å². The van der Waals surface area contributed by atoms with Crippen molar-refractivity contribution in [3.05, 3.63) is 82.1 Å². The van der Waals surface area contributed by atoms with E-state index in [1.54, 1.807) is 29.2 Å². The third kappa shape index (κ3) is 6.00. The van der Waals surface area contributed by atoms with Gasteiger partial charge in [-0.1, -0.05) is 78.8 Å². The van der Waals surface area contributed by atoms with Gasteiger partial charge in [0, 0.05) is 6.20 Å². The molecule has 0 saturated heterocycles. The molecule has 2 N–H and O–H groups in total. The van der Waals surface area contributed by atoms with Gasteiger partial charge < -0.3 is 10.4 Å². The highest BCUT2D eigenvalue weighted by Gasteiger charge is 2.42. The maximum absolute atomic E-state index is 13.4. The van der Waals surface area contributed by atoms with Crippen molar-refractivity contribution in [3.63, 3.8) is 0 Å². The molecule has 2 aromatic rings. The molecule has 0 radical (unpaired) electrons. The summed E-state index contributed by atoms with van der Waals surface area (Å²) in [6, 6.07) is 13.3. The number of hydrogen-bond acceptors (Lipinski definition) is 2. The Morgan fingerprint density at radius 3 is 2.25 bits per heavy atom. The summed E-state index contributed by atoms with van der Waals surface area (Å²) >= 11 is 0. The van der Waals surface area contributed by atoms with E-state index < -0.39 is 11.5 Å². The van der Waals surface area contributed by atoms with Crippen LogP contribution in [0.2, 0.25) is 0 Å². The molecule has 0 fully saturated rings. The summed E-state index contributed by atoms with van der Waals surface area (Å²) < 4.78 is 0. The van der Waals surface area contributed by atoms with E-state index in [0.717, 1.165) is 36.8 Å². The molecule has 2 amide bonds. The number of amides is 2. The van der Waals surface area contributed by atoms with Crippen LogP contribution in [0, 0.1) is 11.3 Å². The van der Waals surface area contributed by atoms with E-state index in [2.05, 4.69) is 72.0 Å².